The molecular formula is C34H46N4O5. The maximum atomic E-state index is 13.8. The lowest BCUT2D eigenvalue weighted by molar-refractivity contribution is -0.125. The molecule has 232 valence electrons. The number of hydrogen-bond donors (Lipinski definition) is 3. The van der Waals surface area contributed by atoms with Crippen molar-refractivity contribution in [3.8, 4) is 0 Å². The first kappa shape index (κ1) is 32.2. The normalized spacial score (nSPS) is 17.6. The second-order valence-corrected chi connectivity index (χ2v) is 13.1. The first-order valence-electron chi connectivity index (χ1n) is 15.5. The molecule has 4 amide bonds. The molecule has 3 atom stereocenters. The Hall–Kier alpha value is -3.72. The minimum absolute atomic E-state index is 0.0107. The van der Waals surface area contributed by atoms with Crippen molar-refractivity contribution in [3.05, 3.63) is 59.7 Å². The van der Waals surface area contributed by atoms with E-state index in [9.17, 15) is 24.3 Å². The van der Waals surface area contributed by atoms with Gasteiger partial charge in [-0.05, 0) is 61.3 Å². The number of aliphatic hydroxyl groups is 1. The Morgan fingerprint density at radius 3 is 2.02 bits per heavy atom. The van der Waals surface area contributed by atoms with Gasteiger partial charge in [0.15, 0.2) is 0 Å². The van der Waals surface area contributed by atoms with Crippen LogP contribution in [0, 0.1) is 11.3 Å². The van der Waals surface area contributed by atoms with Crippen molar-refractivity contribution in [1.29, 1.82) is 0 Å². The van der Waals surface area contributed by atoms with Crippen molar-refractivity contribution in [2.75, 3.05) is 29.4 Å². The van der Waals surface area contributed by atoms with Gasteiger partial charge in [0, 0.05) is 55.3 Å². The molecule has 0 unspecified atom stereocenters. The number of carbonyl (C=O) groups is 4. The molecule has 9 nitrogen and oxygen atoms in total. The van der Waals surface area contributed by atoms with E-state index in [-0.39, 0.29) is 29.6 Å². The molecule has 2 fully saturated rings. The minimum atomic E-state index is -0.990. The number of anilines is 2. The maximum absolute atomic E-state index is 13.8. The second kappa shape index (κ2) is 14.2. The Morgan fingerprint density at radius 1 is 0.930 bits per heavy atom. The Labute approximate surface area is 255 Å². The fourth-order valence-electron chi connectivity index (χ4n) is 5.65. The molecule has 4 rings (SSSR count). The number of benzene rings is 2. The Morgan fingerprint density at radius 2 is 1.51 bits per heavy atom. The summed E-state index contributed by atoms with van der Waals surface area (Å²) in [6, 6.07) is 14.1. The van der Waals surface area contributed by atoms with Crippen LogP contribution in [-0.4, -0.2) is 60.5 Å². The van der Waals surface area contributed by atoms with E-state index in [1.807, 2.05) is 30.3 Å². The molecule has 2 aromatic carbocycles. The van der Waals surface area contributed by atoms with E-state index in [0.717, 1.165) is 24.8 Å². The van der Waals surface area contributed by atoms with Crippen molar-refractivity contribution in [1.82, 2.24) is 10.6 Å². The van der Waals surface area contributed by atoms with Gasteiger partial charge < -0.3 is 25.5 Å². The van der Waals surface area contributed by atoms with Crippen LogP contribution in [0.3, 0.4) is 0 Å². The number of hydrogen-bond acceptors (Lipinski definition) is 5. The van der Waals surface area contributed by atoms with Crippen LogP contribution in [0.2, 0.25) is 0 Å². The first-order valence-corrected chi connectivity index (χ1v) is 15.5. The predicted molar refractivity (Wildman–Crippen MR) is 168 cm³/mol. The second-order valence-electron chi connectivity index (χ2n) is 13.1. The van der Waals surface area contributed by atoms with E-state index in [1.165, 1.54) is 0 Å². The Kier molecular flexibility index (Phi) is 10.6. The molecule has 2 saturated heterocycles. The molecule has 2 aromatic rings. The van der Waals surface area contributed by atoms with Crippen LogP contribution in [0.1, 0.15) is 82.1 Å². The Balaban J connectivity index is 1.54. The first-order chi connectivity index (χ1) is 20.4. The van der Waals surface area contributed by atoms with Gasteiger partial charge in [0.25, 0.3) is 5.91 Å². The van der Waals surface area contributed by atoms with Crippen LogP contribution in [0.4, 0.5) is 11.4 Å². The van der Waals surface area contributed by atoms with Gasteiger partial charge in [-0.25, -0.2) is 0 Å². The highest BCUT2D eigenvalue weighted by atomic mass is 16.3. The summed E-state index contributed by atoms with van der Waals surface area (Å²) in [7, 11) is 0. The monoisotopic (exact) mass is 590 g/mol. The van der Waals surface area contributed by atoms with Crippen molar-refractivity contribution in [2.45, 2.75) is 84.8 Å². The van der Waals surface area contributed by atoms with Gasteiger partial charge in [0.05, 0.1) is 12.1 Å². The van der Waals surface area contributed by atoms with Crippen LogP contribution in [-0.2, 0) is 20.8 Å². The van der Waals surface area contributed by atoms with E-state index in [4.69, 9.17) is 0 Å². The molecule has 0 bridgehead atoms. The lowest BCUT2D eigenvalue weighted by Gasteiger charge is -2.27. The van der Waals surface area contributed by atoms with Crippen LogP contribution >= 0.6 is 0 Å². The third kappa shape index (κ3) is 8.89. The number of carbonyl (C=O) groups excluding carboxylic acids is 4. The average molecular weight is 591 g/mol. The van der Waals surface area contributed by atoms with E-state index >= 15 is 0 Å². The summed E-state index contributed by atoms with van der Waals surface area (Å²) in [6.45, 7) is 9.82. The summed E-state index contributed by atoms with van der Waals surface area (Å²) in [6.07, 6.45) is 2.76. The van der Waals surface area contributed by atoms with Gasteiger partial charge >= 0.3 is 0 Å². The highest BCUT2D eigenvalue weighted by molar-refractivity contribution is 6.03. The SMILES string of the molecule is C[C@H](C[C@@H](O)[C@H](Cc1ccccc1)NC(=O)c1cc(N2CCCC2=O)cc(N2CCCC2=O)c1)C(=O)NCCC(C)(C)C. The third-order valence-corrected chi connectivity index (χ3v) is 8.23. The summed E-state index contributed by atoms with van der Waals surface area (Å²) in [4.78, 5) is 55.1. The smallest absolute Gasteiger partial charge is 0.251 e. The highest BCUT2D eigenvalue weighted by Gasteiger charge is 2.30. The van der Waals surface area contributed by atoms with E-state index in [2.05, 4.69) is 31.4 Å². The van der Waals surface area contributed by atoms with E-state index < -0.39 is 24.0 Å². The zero-order valence-electron chi connectivity index (χ0n) is 25.9. The summed E-state index contributed by atoms with van der Waals surface area (Å²) >= 11 is 0. The van der Waals surface area contributed by atoms with Gasteiger partial charge in [-0.15, -0.1) is 0 Å². The topological polar surface area (TPSA) is 119 Å². The van der Waals surface area contributed by atoms with Crippen molar-refractivity contribution in [2.24, 2.45) is 11.3 Å². The maximum Gasteiger partial charge on any atom is 0.251 e. The molecule has 9 heteroatoms. The largest absolute Gasteiger partial charge is 0.391 e. The molecule has 0 spiro atoms. The van der Waals surface area contributed by atoms with Crippen molar-refractivity contribution < 1.29 is 24.3 Å². The highest BCUT2D eigenvalue weighted by Crippen LogP contribution is 2.31. The molecule has 0 radical (unpaired) electrons. The third-order valence-electron chi connectivity index (χ3n) is 8.23. The zero-order chi connectivity index (χ0) is 31.1. The van der Waals surface area contributed by atoms with Crippen LogP contribution < -0.4 is 20.4 Å². The molecule has 0 aromatic heterocycles. The molecule has 2 heterocycles. The number of aliphatic hydroxyl groups excluding tert-OH is 1. The van der Waals surface area contributed by atoms with Gasteiger partial charge in [0.2, 0.25) is 17.7 Å². The molecular weight excluding hydrogens is 544 g/mol. The van der Waals surface area contributed by atoms with Crippen molar-refractivity contribution >= 4 is 35.0 Å². The minimum Gasteiger partial charge on any atom is -0.391 e. The van der Waals surface area contributed by atoms with Crippen molar-refractivity contribution in [3.63, 3.8) is 0 Å². The van der Waals surface area contributed by atoms with Gasteiger partial charge in [-0.3, -0.25) is 19.2 Å². The molecule has 43 heavy (non-hydrogen) atoms. The standard InChI is InChI=1S/C34H46N4O5/c1-23(32(42)35-15-14-34(2,3)4)18-29(39)28(19-24-10-6-5-7-11-24)36-33(43)25-20-26(37-16-8-12-30(37)40)22-27(21-25)38-17-9-13-31(38)41/h5-7,10-11,20-23,28-29,39H,8-9,12-19H2,1-4H3,(H,35,42)(H,36,43)/t23-,28+,29-/m1/s1. The van der Waals surface area contributed by atoms with Gasteiger partial charge in [-0.2, -0.15) is 0 Å². The lowest BCUT2D eigenvalue weighted by Crippen LogP contribution is -2.46. The molecule has 0 aliphatic carbocycles. The summed E-state index contributed by atoms with van der Waals surface area (Å²) in [5.41, 5.74) is 2.53. The predicted octanol–water partition coefficient (Wildman–Crippen LogP) is 4.22. The van der Waals surface area contributed by atoms with Crippen LogP contribution in [0.15, 0.2) is 48.5 Å². The quantitative estimate of drug-likeness (QED) is 0.342. The number of nitrogens with zero attached hydrogens (tertiary/aromatic N) is 2. The molecule has 2 aliphatic heterocycles. The van der Waals surface area contributed by atoms with Gasteiger partial charge in [-0.1, -0.05) is 58.0 Å². The average Bonchev–Trinajstić information content (AvgIpc) is 3.59. The van der Waals surface area contributed by atoms with Crippen LogP contribution in [0.25, 0.3) is 0 Å². The van der Waals surface area contributed by atoms with Gasteiger partial charge in [0.1, 0.15) is 0 Å². The Bertz CT molecular complexity index is 1260. The van der Waals surface area contributed by atoms with E-state index in [1.54, 1.807) is 34.9 Å². The molecule has 2 aliphatic rings. The van der Waals surface area contributed by atoms with E-state index in [0.29, 0.717) is 55.8 Å². The number of nitrogens with one attached hydrogen (secondary N) is 2. The van der Waals surface area contributed by atoms with Crippen LogP contribution in [0.5, 0.6) is 0 Å². The number of amides is 4. The molecule has 0 saturated carbocycles. The summed E-state index contributed by atoms with van der Waals surface area (Å²) in [5.74, 6) is -1.02. The lowest BCUT2D eigenvalue weighted by atomic mass is 9.91. The number of rotatable bonds is 12. The summed E-state index contributed by atoms with van der Waals surface area (Å²) < 4.78 is 0. The molecule has 3 N–H and O–H groups in total. The summed E-state index contributed by atoms with van der Waals surface area (Å²) in [5, 5.41) is 17.4. The fraction of sp³-hybridized carbons (Fsp3) is 0.529. The fourth-order valence-corrected chi connectivity index (χ4v) is 5.65. The zero-order valence-corrected chi connectivity index (χ0v) is 25.9.